The van der Waals surface area contributed by atoms with Crippen LogP contribution in [0.4, 0.5) is 0 Å². The highest BCUT2D eigenvalue weighted by Gasteiger charge is 2.02. The third-order valence-electron chi connectivity index (χ3n) is 1.92. The summed E-state index contributed by atoms with van der Waals surface area (Å²) in [4.78, 5) is 5.94. The minimum Gasteiger partial charge on any atom is -0.244 e. The van der Waals surface area contributed by atoms with Crippen LogP contribution in [0.25, 0.3) is 0 Å². The van der Waals surface area contributed by atoms with Crippen molar-refractivity contribution in [2.45, 2.75) is 9.79 Å². The van der Waals surface area contributed by atoms with Crippen LogP contribution in [0.1, 0.15) is 5.69 Å². The second-order valence-electron chi connectivity index (χ2n) is 3.02. The van der Waals surface area contributed by atoms with E-state index in [9.17, 15) is 0 Å². The van der Waals surface area contributed by atoms with Gasteiger partial charge in [0.05, 0.1) is 5.02 Å². The van der Waals surface area contributed by atoms with Gasteiger partial charge in [0.2, 0.25) is 0 Å². The zero-order chi connectivity index (χ0) is 11.4. The monoisotopic (exact) mass is 246 g/mol. The summed E-state index contributed by atoms with van der Waals surface area (Å²) in [7, 11) is 0. The van der Waals surface area contributed by atoms with Crippen molar-refractivity contribution >= 4 is 23.4 Å². The molecule has 0 aliphatic rings. The smallest absolute Gasteiger partial charge is 0.140 e. The molecular formula is C12H7ClN2S. The Morgan fingerprint density at radius 3 is 2.62 bits per heavy atom. The van der Waals surface area contributed by atoms with Gasteiger partial charge in [0.1, 0.15) is 11.8 Å². The maximum atomic E-state index is 8.62. The largest absolute Gasteiger partial charge is 0.244 e. The fraction of sp³-hybridized carbons (Fsp3) is 0. The molecule has 2 aromatic rings. The summed E-state index contributed by atoms with van der Waals surface area (Å²) in [5, 5.41) is 9.34. The van der Waals surface area contributed by atoms with Gasteiger partial charge in [-0.2, -0.15) is 5.26 Å². The van der Waals surface area contributed by atoms with E-state index in [2.05, 4.69) is 4.98 Å². The van der Waals surface area contributed by atoms with Crippen molar-refractivity contribution in [1.82, 2.24) is 4.98 Å². The van der Waals surface area contributed by atoms with Gasteiger partial charge >= 0.3 is 0 Å². The van der Waals surface area contributed by atoms with Gasteiger partial charge < -0.3 is 0 Å². The molecule has 2 rings (SSSR count). The lowest BCUT2D eigenvalue weighted by Gasteiger charge is -2.02. The molecule has 4 heteroatoms. The molecule has 0 radical (unpaired) electrons. The van der Waals surface area contributed by atoms with Gasteiger partial charge in [0.25, 0.3) is 0 Å². The molecular weight excluding hydrogens is 240 g/mol. The first-order chi connectivity index (χ1) is 7.79. The van der Waals surface area contributed by atoms with E-state index < -0.39 is 0 Å². The number of benzene rings is 1. The second kappa shape index (κ2) is 5.02. The summed E-state index contributed by atoms with van der Waals surface area (Å²) >= 11 is 7.57. The van der Waals surface area contributed by atoms with Crippen LogP contribution in [0.3, 0.4) is 0 Å². The van der Waals surface area contributed by atoms with Gasteiger partial charge in [0, 0.05) is 16.0 Å². The van der Waals surface area contributed by atoms with Crippen molar-refractivity contribution in [2.75, 3.05) is 0 Å². The Hall–Kier alpha value is -1.50. The summed E-state index contributed by atoms with van der Waals surface area (Å²) in [5.41, 5.74) is 0.420. The van der Waals surface area contributed by atoms with Crippen LogP contribution >= 0.6 is 23.4 Å². The first-order valence-corrected chi connectivity index (χ1v) is 5.77. The molecule has 0 spiro atoms. The number of aromatic nitrogens is 1. The lowest BCUT2D eigenvalue weighted by molar-refractivity contribution is 1.19. The summed E-state index contributed by atoms with van der Waals surface area (Å²) < 4.78 is 0. The van der Waals surface area contributed by atoms with E-state index in [0.29, 0.717) is 5.69 Å². The lowest BCUT2D eigenvalue weighted by atomic mass is 10.4. The average Bonchev–Trinajstić information content (AvgIpc) is 2.33. The number of nitriles is 1. The first kappa shape index (κ1) is 11.0. The number of hydrogen-bond donors (Lipinski definition) is 0. The molecule has 0 atom stereocenters. The molecule has 0 aliphatic carbocycles. The Morgan fingerprint density at radius 1 is 1.19 bits per heavy atom. The first-order valence-electron chi connectivity index (χ1n) is 4.58. The number of halogens is 1. The van der Waals surface area contributed by atoms with Crippen molar-refractivity contribution in [3.05, 3.63) is 53.3 Å². The van der Waals surface area contributed by atoms with Crippen LogP contribution in [-0.4, -0.2) is 4.98 Å². The zero-order valence-electron chi connectivity index (χ0n) is 8.22. The van der Waals surface area contributed by atoms with Crippen molar-refractivity contribution < 1.29 is 0 Å². The van der Waals surface area contributed by atoms with Crippen molar-refractivity contribution in [3.63, 3.8) is 0 Å². The fourth-order valence-electron chi connectivity index (χ4n) is 1.16. The molecule has 1 aromatic heterocycles. The van der Waals surface area contributed by atoms with Crippen LogP contribution in [-0.2, 0) is 0 Å². The summed E-state index contributed by atoms with van der Waals surface area (Å²) in [6.07, 6.45) is 1.67. The van der Waals surface area contributed by atoms with Gasteiger partial charge in [0.15, 0.2) is 0 Å². The molecule has 78 valence electrons. The van der Waals surface area contributed by atoms with Gasteiger partial charge in [-0.3, -0.25) is 0 Å². The highest BCUT2D eigenvalue weighted by Crippen LogP contribution is 2.32. The molecule has 16 heavy (non-hydrogen) atoms. The SMILES string of the molecule is N#Cc1ccc(Sc2ccccc2Cl)cn1. The Labute approximate surface area is 103 Å². The van der Waals surface area contributed by atoms with E-state index in [0.717, 1.165) is 14.8 Å². The topological polar surface area (TPSA) is 36.7 Å². The van der Waals surface area contributed by atoms with Crippen molar-refractivity contribution in [1.29, 1.82) is 5.26 Å². The Kier molecular flexibility index (Phi) is 3.45. The van der Waals surface area contributed by atoms with Crippen molar-refractivity contribution in [3.8, 4) is 6.07 Å². The van der Waals surface area contributed by atoms with Gasteiger partial charge in [-0.05, 0) is 24.3 Å². The van der Waals surface area contributed by atoms with E-state index in [1.165, 1.54) is 11.8 Å². The molecule has 0 saturated heterocycles. The molecule has 0 bridgehead atoms. The summed E-state index contributed by atoms with van der Waals surface area (Å²) in [6.45, 7) is 0. The summed E-state index contributed by atoms with van der Waals surface area (Å²) in [5.74, 6) is 0. The van der Waals surface area contributed by atoms with Gasteiger partial charge in [-0.15, -0.1) is 0 Å². The molecule has 0 aliphatic heterocycles. The second-order valence-corrected chi connectivity index (χ2v) is 4.55. The van der Waals surface area contributed by atoms with Crippen LogP contribution in [0, 0.1) is 11.3 Å². The normalized spacial score (nSPS) is 9.75. The Bertz CT molecular complexity index is 531. The highest BCUT2D eigenvalue weighted by atomic mass is 35.5. The van der Waals surface area contributed by atoms with Crippen LogP contribution < -0.4 is 0 Å². The number of rotatable bonds is 2. The number of hydrogen-bond acceptors (Lipinski definition) is 3. The van der Waals surface area contributed by atoms with E-state index in [-0.39, 0.29) is 0 Å². The molecule has 0 N–H and O–H groups in total. The van der Waals surface area contributed by atoms with Crippen LogP contribution in [0.15, 0.2) is 52.4 Å². The minimum absolute atomic E-state index is 0.420. The molecule has 0 saturated carbocycles. The van der Waals surface area contributed by atoms with E-state index in [1.54, 1.807) is 12.3 Å². The number of pyridine rings is 1. The van der Waals surface area contributed by atoms with Gasteiger partial charge in [-0.1, -0.05) is 35.5 Å². The molecule has 1 heterocycles. The Balaban J connectivity index is 2.22. The molecule has 0 amide bonds. The molecule has 0 unspecified atom stereocenters. The van der Waals surface area contributed by atoms with E-state index in [1.807, 2.05) is 36.4 Å². The third kappa shape index (κ3) is 2.54. The van der Waals surface area contributed by atoms with E-state index >= 15 is 0 Å². The third-order valence-corrected chi connectivity index (χ3v) is 3.41. The van der Waals surface area contributed by atoms with Crippen molar-refractivity contribution in [2.24, 2.45) is 0 Å². The zero-order valence-corrected chi connectivity index (χ0v) is 9.79. The van der Waals surface area contributed by atoms with Gasteiger partial charge in [-0.25, -0.2) is 4.98 Å². The number of nitrogens with zero attached hydrogens (tertiary/aromatic N) is 2. The molecule has 1 aromatic carbocycles. The maximum Gasteiger partial charge on any atom is 0.140 e. The standard InChI is InChI=1S/C12H7ClN2S/c13-11-3-1-2-4-12(11)16-10-6-5-9(7-14)15-8-10/h1-6,8H. The predicted molar refractivity (Wildman–Crippen MR) is 64.5 cm³/mol. The van der Waals surface area contributed by atoms with E-state index in [4.69, 9.17) is 16.9 Å². The fourth-order valence-corrected chi connectivity index (χ4v) is 2.22. The molecule has 0 fully saturated rings. The lowest BCUT2D eigenvalue weighted by Crippen LogP contribution is -1.82. The van der Waals surface area contributed by atoms with Crippen LogP contribution in [0.5, 0.6) is 0 Å². The minimum atomic E-state index is 0.420. The maximum absolute atomic E-state index is 8.62. The quantitative estimate of drug-likeness (QED) is 0.810. The summed E-state index contributed by atoms with van der Waals surface area (Å²) in [6, 6.07) is 13.2. The Morgan fingerprint density at radius 2 is 2.00 bits per heavy atom. The highest BCUT2D eigenvalue weighted by molar-refractivity contribution is 7.99. The van der Waals surface area contributed by atoms with Crippen LogP contribution in [0.2, 0.25) is 5.02 Å². The predicted octanol–water partition coefficient (Wildman–Crippen LogP) is 3.76. The molecule has 2 nitrogen and oxygen atoms in total. The average molecular weight is 247 g/mol.